The van der Waals surface area contributed by atoms with Crippen molar-refractivity contribution in [1.82, 2.24) is 25.4 Å². The average Bonchev–Trinajstić information content (AvgIpc) is 3.27. The molecular weight excluding hydrogens is 523 g/mol. The van der Waals surface area contributed by atoms with Crippen LogP contribution in [0.2, 0.25) is 0 Å². The number of amides is 4. The van der Waals surface area contributed by atoms with Gasteiger partial charge in [-0.15, -0.1) is 0 Å². The number of carbonyl (C=O) groups is 4. The molecule has 5 rings (SSSR count). The molecule has 1 aromatic carbocycles. The highest BCUT2D eigenvalue weighted by Gasteiger charge is 2.54. The number of aromatic nitrogens is 1. The van der Waals surface area contributed by atoms with E-state index in [4.69, 9.17) is 4.74 Å². The lowest BCUT2D eigenvalue weighted by molar-refractivity contribution is -0.135. The zero-order chi connectivity index (χ0) is 28.6. The maximum absolute atomic E-state index is 14.9. The number of urea groups is 1. The maximum atomic E-state index is 14.9. The number of hydrogen-bond acceptors (Lipinski definition) is 9. The van der Waals surface area contributed by atoms with Gasteiger partial charge >= 0.3 is 6.03 Å². The van der Waals surface area contributed by atoms with E-state index in [1.165, 1.54) is 25.3 Å². The predicted octanol–water partition coefficient (Wildman–Crippen LogP) is 0.813. The summed E-state index contributed by atoms with van der Waals surface area (Å²) < 4.78 is 19.8. The van der Waals surface area contributed by atoms with E-state index in [9.17, 15) is 28.7 Å². The standard InChI is InChI=1S/C27H31FN6O6/c1-3-32-9-4-10-33(12-11-32)21-8-6-18(35)17(29-21)13-20(36)27(25(38)30-26(39)31-27)15-34-14-16-5-7-19(40-2)23(28)22(16)24(34)37/h5-8,35H,3-4,9-15H2,1-2H3,(H2,30,31,38,39)/t27-/m0/s1. The summed E-state index contributed by atoms with van der Waals surface area (Å²) in [7, 11) is 1.28. The lowest BCUT2D eigenvalue weighted by Gasteiger charge is -2.29. The summed E-state index contributed by atoms with van der Waals surface area (Å²) in [5, 5.41) is 15.0. The number of imide groups is 1. The Balaban J connectivity index is 1.40. The fourth-order valence-corrected chi connectivity index (χ4v) is 5.46. The van der Waals surface area contributed by atoms with Gasteiger partial charge in [-0.2, -0.15) is 0 Å². The topological polar surface area (TPSA) is 144 Å². The Bertz CT molecular complexity index is 1390. The van der Waals surface area contributed by atoms with Crippen molar-refractivity contribution < 1.29 is 33.4 Å². The molecule has 4 heterocycles. The first-order valence-corrected chi connectivity index (χ1v) is 13.1. The Morgan fingerprint density at radius 1 is 1.15 bits per heavy atom. The van der Waals surface area contributed by atoms with Crippen LogP contribution in [0.1, 0.15) is 35.0 Å². The predicted molar refractivity (Wildman–Crippen MR) is 141 cm³/mol. The molecule has 4 amide bonds. The van der Waals surface area contributed by atoms with E-state index in [1.807, 2.05) is 0 Å². The van der Waals surface area contributed by atoms with E-state index in [-0.39, 0.29) is 29.3 Å². The van der Waals surface area contributed by atoms with Crippen molar-refractivity contribution in [2.75, 3.05) is 51.3 Å². The van der Waals surface area contributed by atoms with E-state index < -0.39 is 48.0 Å². The number of fused-ring (bicyclic) bond motifs is 1. The van der Waals surface area contributed by atoms with Gasteiger partial charge in [-0.25, -0.2) is 14.2 Å². The van der Waals surface area contributed by atoms with Crippen LogP contribution in [0.5, 0.6) is 11.5 Å². The normalized spacial score (nSPS) is 21.2. The third kappa shape index (κ3) is 4.81. The second-order valence-electron chi connectivity index (χ2n) is 10.1. The van der Waals surface area contributed by atoms with Gasteiger partial charge < -0.3 is 29.9 Å². The Morgan fingerprint density at radius 3 is 2.65 bits per heavy atom. The minimum Gasteiger partial charge on any atom is -0.506 e. The van der Waals surface area contributed by atoms with Gasteiger partial charge in [-0.1, -0.05) is 13.0 Å². The number of hydrogen-bond donors (Lipinski definition) is 3. The van der Waals surface area contributed by atoms with Gasteiger partial charge in [-0.3, -0.25) is 19.7 Å². The third-order valence-corrected chi connectivity index (χ3v) is 7.74. The van der Waals surface area contributed by atoms with Crippen LogP contribution in [0.4, 0.5) is 15.0 Å². The number of Topliss-reactive ketones (excluding diaryl/α,β-unsaturated/α-hetero) is 1. The summed E-state index contributed by atoms with van der Waals surface area (Å²) in [6.45, 7) is 5.73. The number of carbonyl (C=O) groups excluding carboxylic acids is 4. The smallest absolute Gasteiger partial charge is 0.322 e. The molecule has 0 unspecified atom stereocenters. The lowest BCUT2D eigenvalue weighted by atomic mass is 9.90. The summed E-state index contributed by atoms with van der Waals surface area (Å²) in [5.41, 5.74) is -1.96. The van der Waals surface area contributed by atoms with E-state index >= 15 is 0 Å². The van der Waals surface area contributed by atoms with Crippen molar-refractivity contribution in [2.45, 2.75) is 31.8 Å². The van der Waals surface area contributed by atoms with Crippen LogP contribution in [0.25, 0.3) is 0 Å². The average molecular weight is 555 g/mol. The summed E-state index contributed by atoms with van der Waals surface area (Å²) in [5.74, 6) is -3.05. The van der Waals surface area contributed by atoms with Crippen molar-refractivity contribution in [3.8, 4) is 11.5 Å². The highest BCUT2D eigenvalue weighted by atomic mass is 19.1. The third-order valence-electron chi connectivity index (χ3n) is 7.74. The number of nitrogens with zero attached hydrogens (tertiary/aromatic N) is 4. The molecule has 2 saturated heterocycles. The van der Waals surface area contributed by atoms with Gasteiger partial charge in [-0.05, 0) is 43.3 Å². The molecule has 0 radical (unpaired) electrons. The Hall–Kier alpha value is -4.26. The van der Waals surface area contributed by atoms with Crippen LogP contribution in [0, 0.1) is 5.82 Å². The molecule has 0 aliphatic carbocycles. The van der Waals surface area contributed by atoms with E-state index in [0.717, 1.165) is 44.0 Å². The molecule has 2 fully saturated rings. The molecule has 40 heavy (non-hydrogen) atoms. The van der Waals surface area contributed by atoms with Gasteiger partial charge in [0, 0.05) is 26.2 Å². The second-order valence-corrected chi connectivity index (χ2v) is 10.1. The molecular formula is C27H31FN6O6. The van der Waals surface area contributed by atoms with Crippen molar-refractivity contribution in [3.63, 3.8) is 0 Å². The van der Waals surface area contributed by atoms with Crippen molar-refractivity contribution in [1.29, 1.82) is 0 Å². The minimum absolute atomic E-state index is 0.0410. The van der Waals surface area contributed by atoms with Gasteiger partial charge in [0.15, 0.2) is 22.9 Å². The number of pyridine rings is 1. The molecule has 1 atom stereocenters. The highest BCUT2D eigenvalue weighted by molar-refractivity contribution is 6.21. The Kier molecular flexibility index (Phi) is 7.32. The Morgan fingerprint density at radius 2 is 1.95 bits per heavy atom. The summed E-state index contributed by atoms with van der Waals surface area (Å²) in [6.07, 6.45) is 0.443. The molecule has 3 N–H and O–H groups in total. The largest absolute Gasteiger partial charge is 0.506 e. The number of rotatable bonds is 8. The number of anilines is 1. The molecule has 212 valence electrons. The lowest BCUT2D eigenvalue weighted by Crippen LogP contribution is -2.61. The fourth-order valence-electron chi connectivity index (χ4n) is 5.46. The Labute approximate surface area is 230 Å². The highest BCUT2D eigenvalue weighted by Crippen LogP contribution is 2.33. The summed E-state index contributed by atoms with van der Waals surface area (Å²) >= 11 is 0. The van der Waals surface area contributed by atoms with Crippen molar-refractivity contribution in [3.05, 3.63) is 46.9 Å². The first kappa shape index (κ1) is 27.3. The molecule has 0 bridgehead atoms. The van der Waals surface area contributed by atoms with Crippen molar-refractivity contribution >= 4 is 29.4 Å². The molecule has 2 aromatic rings. The quantitative estimate of drug-likeness (QED) is 0.319. The number of aromatic hydroxyl groups is 1. The molecule has 13 heteroatoms. The van der Waals surface area contributed by atoms with Crippen LogP contribution in [-0.2, 0) is 22.6 Å². The maximum Gasteiger partial charge on any atom is 0.322 e. The summed E-state index contributed by atoms with van der Waals surface area (Å²) in [4.78, 5) is 62.2. The number of likely N-dealkylation sites (N-methyl/N-ethyl adjacent to an activating group) is 1. The SMILES string of the molecule is CCN1CCCN(c2ccc(O)c(CC(=O)[C@]3(CN4Cc5ccc(OC)c(F)c5C4=O)NC(=O)NC3=O)n2)CC1. The zero-order valence-corrected chi connectivity index (χ0v) is 22.3. The summed E-state index contributed by atoms with van der Waals surface area (Å²) in [6, 6.07) is 5.15. The number of nitrogens with one attached hydrogen (secondary N) is 2. The number of benzene rings is 1. The number of halogens is 1. The second kappa shape index (κ2) is 10.7. The fraction of sp³-hybridized carbons (Fsp3) is 0.444. The van der Waals surface area contributed by atoms with Crippen LogP contribution < -0.4 is 20.3 Å². The van der Waals surface area contributed by atoms with Crippen molar-refractivity contribution in [2.24, 2.45) is 0 Å². The van der Waals surface area contributed by atoms with E-state index in [0.29, 0.717) is 11.4 Å². The molecule has 3 aliphatic heterocycles. The molecule has 0 saturated carbocycles. The van der Waals surface area contributed by atoms with Gasteiger partial charge in [0.1, 0.15) is 11.6 Å². The van der Waals surface area contributed by atoms with Gasteiger partial charge in [0.05, 0.1) is 31.3 Å². The molecule has 1 aromatic heterocycles. The molecule has 0 spiro atoms. The van der Waals surface area contributed by atoms with Gasteiger partial charge in [0.2, 0.25) is 0 Å². The minimum atomic E-state index is -2.15. The number of ether oxygens (including phenoxy) is 1. The number of methoxy groups -OCH3 is 1. The molecule has 3 aliphatic rings. The van der Waals surface area contributed by atoms with Crippen LogP contribution in [0.3, 0.4) is 0 Å². The van der Waals surface area contributed by atoms with Gasteiger partial charge in [0.25, 0.3) is 11.8 Å². The zero-order valence-electron chi connectivity index (χ0n) is 22.3. The monoisotopic (exact) mass is 554 g/mol. The first-order chi connectivity index (χ1) is 19.2. The number of ketones is 1. The van der Waals surface area contributed by atoms with E-state index in [1.54, 1.807) is 6.07 Å². The van der Waals surface area contributed by atoms with Crippen LogP contribution in [-0.4, -0.2) is 95.4 Å². The van der Waals surface area contributed by atoms with Crippen LogP contribution >= 0.6 is 0 Å². The molecule has 12 nitrogen and oxygen atoms in total. The first-order valence-electron chi connectivity index (χ1n) is 13.1. The van der Waals surface area contributed by atoms with E-state index in [2.05, 4.69) is 32.3 Å². The van der Waals surface area contributed by atoms with Crippen LogP contribution in [0.15, 0.2) is 24.3 Å².